The van der Waals surface area contributed by atoms with Crippen molar-refractivity contribution in [1.82, 2.24) is 4.98 Å². The van der Waals surface area contributed by atoms with Gasteiger partial charge in [-0.05, 0) is 72.6 Å². The molecule has 0 N–H and O–H groups in total. The molecule has 216 valence electrons. The van der Waals surface area contributed by atoms with Crippen LogP contribution in [0.15, 0.2) is 182 Å². The highest BCUT2D eigenvalue weighted by Crippen LogP contribution is 2.41. The topological polar surface area (TPSA) is 19.4 Å². The third-order valence-electron chi connectivity index (χ3n) is 7.91. The lowest BCUT2D eigenvalue weighted by Crippen LogP contribution is -2.15. The molecule has 0 amide bonds. The van der Waals surface area contributed by atoms with E-state index in [9.17, 15) is 0 Å². The van der Waals surface area contributed by atoms with Crippen LogP contribution in [-0.2, 0) is 0 Å². The van der Waals surface area contributed by atoms with Crippen molar-refractivity contribution in [2.75, 3.05) is 9.80 Å². The number of pyridine rings is 1. The van der Waals surface area contributed by atoms with E-state index >= 15 is 0 Å². The Kier molecular flexibility index (Phi) is 7.89. The van der Waals surface area contributed by atoms with Crippen molar-refractivity contribution >= 4 is 34.3 Å². The lowest BCUT2D eigenvalue weighted by Gasteiger charge is -2.29. The van der Waals surface area contributed by atoms with Crippen LogP contribution < -0.4 is 9.80 Å². The fraction of sp³-hybridized carbons (Fsp3) is 0.0238. The van der Waals surface area contributed by atoms with Gasteiger partial charge in [-0.2, -0.15) is 0 Å². The summed E-state index contributed by atoms with van der Waals surface area (Å²) in [5, 5.41) is 0. The van der Waals surface area contributed by atoms with Crippen LogP contribution in [-0.4, -0.2) is 4.98 Å². The number of aryl methyl sites for hydroxylation is 1. The highest BCUT2D eigenvalue weighted by atomic mass is 15.2. The van der Waals surface area contributed by atoms with E-state index in [0.717, 1.165) is 45.5 Å². The molecule has 3 nitrogen and oxygen atoms in total. The van der Waals surface area contributed by atoms with Gasteiger partial charge in [0.25, 0.3) is 0 Å². The second kappa shape index (κ2) is 12.7. The Balaban J connectivity index is 1.43. The quantitative estimate of drug-likeness (QED) is 0.178. The van der Waals surface area contributed by atoms with Crippen LogP contribution in [0, 0.1) is 6.92 Å². The Morgan fingerprint density at radius 2 is 0.733 bits per heavy atom. The van der Waals surface area contributed by atoms with Crippen LogP contribution in [0.25, 0.3) is 22.4 Å². The lowest BCUT2D eigenvalue weighted by molar-refractivity contribution is 1.17. The molecular weight excluding hydrogens is 546 g/mol. The minimum absolute atomic E-state index is 0.833. The lowest BCUT2D eigenvalue weighted by atomic mass is 10.0. The van der Waals surface area contributed by atoms with Crippen molar-refractivity contribution in [2.45, 2.75) is 6.92 Å². The third kappa shape index (κ3) is 6.11. The van der Waals surface area contributed by atoms with Crippen molar-refractivity contribution < 1.29 is 0 Å². The fourth-order valence-electron chi connectivity index (χ4n) is 5.64. The van der Waals surface area contributed by atoms with Gasteiger partial charge in [0.15, 0.2) is 0 Å². The molecule has 6 aromatic carbocycles. The van der Waals surface area contributed by atoms with Gasteiger partial charge in [0, 0.05) is 34.4 Å². The number of rotatable bonds is 8. The molecule has 0 radical (unpaired) electrons. The molecule has 7 aromatic rings. The van der Waals surface area contributed by atoms with Crippen molar-refractivity contribution in [3.63, 3.8) is 0 Å². The molecule has 0 aliphatic heterocycles. The van der Waals surface area contributed by atoms with Gasteiger partial charge in [-0.3, -0.25) is 4.90 Å². The molecule has 7 rings (SSSR count). The zero-order chi connectivity index (χ0) is 30.4. The zero-order valence-corrected chi connectivity index (χ0v) is 25.2. The molecule has 0 aliphatic rings. The zero-order valence-electron chi connectivity index (χ0n) is 25.2. The minimum Gasteiger partial charge on any atom is -0.310 e. The standard InChI is InChI=1S/C42H33N3/c1-32-22-24-33(25-23-32)34-26-28-35(29-27-34)41-30-40(44(36-14-6-2-7-15-36)37-16-8-3-9-17-37)31-42(43-41)45(38-18-10-4-11-19-38)39-20-12-5-13-21-39/h2-31H,1H3. The number of para-hydroxylation sites is 4. The fourth-order valence-corrected chi connectivity index (χ4v) is 5.64. The van der Waals surface area contributed by atoms with Gasteiger partial charge in [-0.1, -0.05) is 127 Å². The molecular formula is C42H33N3. The Bertz CT molecular complexity index is 1790. The van der Waals surface area contributed by atoms with Crippen LogP contribution in [0.1, 0.15) is 5.56 Å². The van der Waals surface area contributed by atoms with E-state index in [1.165, 1.54) is 16.7 Å². The number of anilines is 6. The molecule has 0 bridgehead atoms. The Morgan fingerprint density at radius 1 is 0.356 bits per heavy atom. The summed E-state index contributed by atoms with van der Waals surface area (Å²) in [6, 6.07) is 63.7. The first-order chi connectivity index (χ1) is 22.2. The summed E-state index contributed by atoms with van der Waals surface area (Å²) in [6.45, 7) is 2.12. The second-order valence-electron chi connectivity index (χ2n) is 11.0. The molecule has 0 atom stereocenters. The summed E-state index contributed by atoms with van der Waals surface area (Å²) in [6.07, 6.45) is 0. The predicted octanol–water partition coefficient (Wildman–Crippen LogP) is 11.7. The van der Waals surface area contributed by atoms with Gasteiger partial charge in [0.1, 0.15) is 5.82 Å². The van der Waals surface area contributed by atoms with Crippen LogP contribution in [0.3, 0.4) is 0 Å². The summed E-state index contributed by atoms with van der Waals surface area (Å²) in [7, 11) is 0. The highest BCUT2D eigenvalue weighted by Gasteiger charge is 2.20. The molecule has 0 spiro atoms. The molecule has 0 saturated heterocycles. The second-order valence-corrected chi connectivity index (χ2v) is 11.0. The predicted molar refractivity (Wildman–Crippen MR) is 189 cm³/mol. The molecule has 0 unspecified atom stereocenters. The monoisotopic (exact) mass is 579 g/mol. The van der Waals surface area contributed by atoms with E-state index < -0.39 is 0 Å². The summed E-state index contributed by atoms with van der Waals surface area (Å²) >= 11 is 0. The van der Waals surface area contributed by atoms with E-state index in [4.69, 9.17) is 4.98 Å². The average Bonchev–Trinajstić information content (AvgIpc) is 3.11. The van der Waals surface area contributed by atoms with Crippen LogP contribution in [0.4, 0.5) is 34.3 Å². The maximum Gasteiger partial charge on any atom is 0.140 e. The largest absolute Gasteiger partial charge is 0.310 e. The van der Waals surface area contributed by atoms with E-state index in [0.29, 0.717) is 0 Å². The van der Waals surface area contributed by atoms with Crippen molar-refractivity contribution in [1.29, 1.82) is 0 Å². The van der Waals surface area contributed by atoms with E-state index in [-0.39, 0.29) is 0 Å². The van der Waals surface area contributed by atoms with E-state index in [1.807, 2.05) is 12.1 Å². The van der Waals surface area contributed by atoms with Crippen LogP contribution >= 0.6 is 0 Å². The molecule has 3 heteroatoms. The maximum atomic E-state index is 5.34. The van der Waals surface area contributed by atoms with Gasteiger partial charge in [0.2, 0.25) is 0 Å². The van der Waals surface area contributed by atoms with Crippen molar-refractivity contribution in [3.8, 4) is 22.4 Å². The van der Waals surface area contributed by atoms with Gasteiger partial charge in [-0.25, -0.2) is 4.98 Å². The Morgan fingerprint density at radius 3 is 1.18 bits per heavy atom. The first-order valence-corrected chi connectivity index (χ1v) is 15.2. The summed E-state index contributed by atoms with van der Waals surface area (Å²) in [5.41, 5.74) is 10.8. The van der Waals surface area contributed by atoms with Gasteiger partial charge < -0.3 is 4.90 Å². The minimum atomic E-state index is 0.833. The Labute approximate surface area is 265 Å². The van der Waals surface area contributed by atoms with Crippen LogP contribution in [0.2, 0.25) is 0 Å². The first kappa shape index (κ1) is 27.9. The molecule has 0 fully saturated rings. The normalized spacial score (nSPS) is 10.8. The molecule has 1 heterocycles. The summed E-state index contributed by atoms with van der Waals surface area (Å²) < 4.78 is 0. The number of hydrogen-bond acceptors (Lipinski definition) is 3. The first-order valence-electron chi connectivity index (χ1n) is 15.2. The highest BCUT2D eigenvalue weighted by molar-refractivity contribution is 5.84. The number of nitrogens with zero attached hydrogens (tertiary/aromatic N) is 3. The van der Waals surface area contributed by atoms with Gasteiger partial charge in [-0.15, -0.1) is 0 Å². The molecule has 0 saturated carbocycles. The number of hydrogen-bond donors (Lipinski definition) is 0. The SMILES string of the molecule is Cc1ccc(-c2ccc(-c3cc(N(c4ccccc4)c4ccccc4)cc(N(c4ccccc4)c4ccccc4)n3)cc2)cc1. The molecule has 1 aromatic heterocycles. The smallest absolute Gasteiger partial charge is 0.140 e. The molecule has 0 aliphatic carbocycles. The molecule has 45 heavy (non-hydrogen) atoms. The van der Waals surface area contributed by atoms with Gasteiger partial charge >= 0.3 is 0 Å². The summed E-state index contributed by atoms with van der Waals surface area (Å²) in [5.74, 6) is 0.833. The summed E-state index contributed by atoms with van der Waals surface area (Å²) in [4.78, 5) is 9.86. The third-order valence-corrected chi connectivity index (χ3v) is 7.91. The average molecular weight is 580 g/mol. The number of benzene rings is 6. The van der Waals surface area contributed by atoms with Crippen LogP contribution in [0.5, 0.6) is 0 Å². The number of aromatic nitrogens is 1. The van der Waals surface area contributed by atoms with Gasteiger partial charge in [0.05, 0.1) is 11.4 Å². The van der Waals surface area contributed by atoms with E-state index in [2.05, 4.69) is 187 Å². The Hall–Kier alpha value is -5.93. The van der Waals surface area contributed by atoms with Crippen molar-refractivity contribution in [3.05, 3.63) is 188 Å². The van der Waals surface area contributed by atoms with Crippen molar-refractivity contribution in [2.24, 2.45) is 0 Å². The van der Waals surface area contributed by atoms with E-state index in [1.54, 1.807) is 0 Å². The maximum absolute atomic E-state index is 5.34.